The zero-order valence-corrected chi connectivity index (χ0v) is 9.42. The van der Waals surface area contributed by atoms with Crippen molar-refractivity contribution in [3.63, 3.8) is 0 Å². The Kier molecular flexibility index (Phi) is 4.74. The van der Waals surface area contributed by atoms with E-state index in [1.807, 2.05) is 12.1 Å². The molecule has 0 fully saturated rings. The SMILES string of the molecule is CCNC(Cc1ccco1)CC(C)C. The summed E-state index contributed by atoms with van der Waals surface area (Å²) < 4.78 is 5.35. The molecular weight excluding hydrogens is 174 g/mol. The number of furan rings is 1. The summed E-state index contributed by atoms with van der Waals surface area (Å²) >= 11 is 0. The minimum absolute atomic E-state index is 0.547. The lowest BCUT2D eigenvalue weighted by Gasteiger charge is -2.18. The van der Waals surface area contributed by atoms with Gasteiger partial charge in [-0.3, -0.25) is 0 Å². The number of hydrogen-bond acceptors (Lipinski definition) is 2. The topological polar surface area (TPSA) is 25.2 Å². The Balaban J connectivity index is 2.42. The Labute approximate surface area is 86.7 Å². The van der Waals surface area contributed by atoms with Gasteiger partial charge in [-0.25, -0.2) is 0 Å². The Morgan fingerprint density at radius 1 is 1.43 bits per heavy atom. The van der Waals surface area contributed by atoms with Crippen LogP contribution in [0.5, 0.6) is 0 Å². The van der Waals surface area contributed by atoms with E-state index in [0.29, 0.717) is 6.04 Å². The molecule has 0 aliphatic carbocycles. The van der Waals surface area contributed by atoms with E-state index in [9.17, 15) is 0 Å². The van der Waals surface area contributed by atoms with Crippen molar-refractivity contribution in [3.8, 4) is 0 Å². The maximum Gasteiger partial charge on any atom is 0.105 e. The molecule has 0 aliphatic rings. The van der Waals surface area contributed by atoms with Crippen LogP contribution in [0.4, 0.5) is 0 Å². The van der Waals surface area contributed by atoms with Gasteiger partial charge in [-0.05, 0) is 31.0 Å². The first-order chi connectivity index (χ1) is 6.72. The molecule has 1 unspecified atom stereocenters. The van der Waals surface area contributed by atoms with Crippen LogP contribution in [0, 0.1) is 5.92 Å². The lowest BCUT2D eigenvalue weighted by Crippen LogP contribution is -2.32. The summed E-state index contributed by atoms with van der Waals surface area (Å²) in [6.07, 6.45) is 3.95. The van der Waals surface area contributed by atoms with Crippen LogP contribution < -0.4 is 5.32 Å². The first kappa shape index (κ1) is 11.3. The normalized spacial score (nSPS) is 13.4. The summed E-state index contributed by atoms with van der Waals surface area (Å²) in [4.78, 5) is 0. The first-order valence-electron chi connectivity index (χ1n) is 5.48. The molecule has 1 atom stereocenters. The number of likely N-dealkylation sites (N-methyl/N-ethyl adjacent to an activating group) is 1. The van der Waals surface area contributed by atoms with E-state index in [2.05, 4.69) is 26.1 Å². The van der Waals surface area contributed by atoms with Crippen molar-refractivity contribution in [2.45, 2.75) is 39.7 Å². The predicted molar refractivity (Wildman–Crippen MR) is 59.3 cm³/mol. The molecule has 1 N–H and O–H groups in total. The maximum absolute atomic E-state index is 5.35. The summed E-state index contributed by atoms with van der Waals surface area (Å²) in [5.41, 5.74) is 0. The van der Waals surface area contributed by atoms with Crippen molar-refractivity contribution >= 4 is 0 Å². The highest BCUT2D eigenvalue weighted by Crippen LogP contribution is 2.11. The summed E-state index contributed by atoms with van der Waals surface area (Å²) in [5, 5.41) is 3.49. The van der Waals surface area contributed by atoms with Crippen LogP contribution in [0.25, 0.3) is 0 Å². The molecule has 0 aliphatic heterocycles. The molecule has 80 valence electrons. The van der Waals surface area contributed by atoms with Gasteiger partial charge in [0.15, 0.2) is 0 Å². The van der Waals surface area contributed by atoms with Crippen molar-refractivity contribution < 1.29 is 4.42 Å². The van der Waals surface area contributed by atoms with E-state index in [1.165, 1.54) is 6.42 Å². The predicted octanol–water partition coefficient (Wildman–Crippen LogP) is 2.85. The maximum atomic E-state index is 5.35. The number of rotatable bonds is 6. The molecule has 1 rings (SSSR count). The Bertz CT molecular complexity index is 228. The molecular formula is C12H21NO. The molecule has 0 bridgehead atoms. The van der Waals surface area contributed by atoms with Crippen LogP contribution in [0.3, 0.4) is 0 Å². The molecule has 0 saturated heterocycles. The van der Waals surface area contributed by atoms with E-state index in [0.717, 1.165) is 24.6 Å². The van der Waals surface area contributed by atoms with Gasteiger partial charge in [0, 0.05) is 12.5 Å². The van der Waals surface area contributed by atoms with Gasteiger partial charge in [0.25, 0.3) is 0 Å². The van der Waals surface area contributed by atoms with Gasteiger partial charge in [0.2, 0.25) is 0 Å². The molecule has 1 aromatic rings. The van der Waals surface area contributed by atoms with Crippen LogP contribution in [0.2, 0.25) is 0 Å². The lowest BCUT2D eigenvalue weighted by atomic mass is 10.0. The fourth-order valence-corrected chi connectivity index (χ4v) is 1.77. The zero-order chi connectivity index (χ0) is 10.4. The van der Waals surface area contributed by atoms with Crippen molar-refractivity contribution in [2.75, 3.05) is 6.54 Å². The Hall–Kier alpha value is -0.760. The van der Waals surface area contributed by atoms with E-state index in [4.69, 9.17) is 4.42 Å². The van der Waals surface area contributed by atoms with Gasteiger partial charge >= 0.3 is 0 Å². The molecule has 0 spiro atoms. The third kappa shape index (κ3) is 3.97. The molecule has 0 amide bonds. The van der Waals surface area contributed by atoms with Gasteiger partial charge in [-0.1, -0.05) is 20.8 Å². The lowest BCUT2D eigenvalue weighted by molar-refractivity contribution is 0.391. The van der Waals surface area contributed by atoms with Crippen LogP contribution in [0.1, 0.15) is 33.0 Å². The second-order valence-electron chi connectivity index (χ2n) is 4.17. The molecule has 1 heterocycles. The highest BCUT2D eigenvalue weighted by atomic mass is 16.3. The largest absolute Gasteiger partial charge is 0.469 e. The second-order valence-corrected chi connectivity index (χ2v) is 4.17. The molecule has 0 aromatic carbocycles. The Morgan fingerprint density at radius 3 is 2.71 bits per heavy atom. The summed E-state index contributed by atoms with van der Waals surface area (Å²) in [5.74, 6) is 1.81. The molecule has 0 radical (unpaired) electrons. The smallest absolute Gasteiger partial charge is 0.105 e. The van der Waals surface area contributed by atoms with Gasteiger partial charge in [0.05, 0.1) is 6.26 Å². The quantitative estimate of drug-likeness (QED) is 0.755. The second kappa shape index (κ2) is 5.86. The summed E-state index contributed by atoms with van der Waals surface area (Å²) in [6, 6.07) is 4.55. The minimum atomic E-state index is 0.547. The van der Waals surface area contributed by atoms with Crippen molar-refractivity contribution in [3.05, 3.63) is 24.2 Å². The van der Waals surface area contributed by atoms with Crippen molar-refractivity contribution in [1.29, 1.82) is 0 Å². The first-order valence-corrected chi connectivity index (χ1v) is 5.48. The summed E-state index contributed by atoms with van der Waals surface area (Å²) in [6.45, 7) is 7.69. The van der Waals surface area contributed by atoms with E-state index >= 15 is 0 Å². The van der Waals surface area contributed by atoms with Gasteiger partial charge in [0.1, 0.15) is 5.76 Å². The fourth-order valence-electron chi connectivity index (χ4n) is 1.77. The fraction of sp³-hybridized carbons (Fsp3) is 0.667. The number of hydrogen-bond donors (Lipinski definition) is 1. The molecule has 2 heteroatoms. The van der Waals surface area contributed by atoms with Crippen molar-refractivity contribution in [1.82, 2.24) is 5.32 Å². The average Bonchev–Trinajstić information content (AvgIpc) is 2.56. The van der Waals surface area contributed by atoms with Crippen LogP contribution in [-0.2, 0) is 6.42 Å². The third-order valence-electron chi connectivity index (χ3n) is 2.28. The molecule has 14 heavy (non-hydrogen) atoms. The highest BCUT2D eigenvalue weighted by molar-refractivity contribution is 5.00. The minimum Gasteiger partial charge on any atom is -0.469 e. The Morgan fingerprint density at radius 2 is 2.21 bits per heavy atom. The van der Waals surface area contributed by atoms with Crippen molar-refractivity contribution in [2.24, 2.45) is 5.92 Å². The van der Waals surface area contributed by atoms with Crippen LogP contribution >= 0.6 is 0 Å². The standard InChI is InChI=1S/C12H21NO/c1-4-13-11(8-10(2)3)9-12-6-5-7-14-12/h5-7,10-11,13H,4,8-9H2,1-3H3. The van der Waals surface area contributed by atoms with E-state index < -0.39 is 0 Å². The monoisotopic (exact) mass is 195 g/mol. The van der Waals surface area contributed by atoms with E-state index in [-0.39, 0.29) is 0 Å². The average molecular weight is 195 g/mol. The zero-order valence-electron chi connectivity index (χ0n) is 9.42. The molecule has 2 nitrogen and oxygen atoms in total. The van der Waals surface area contributed by atoms with Gasteiger partial charge < -0.3 is 9.73 Å². The van der Waals surface area contributed by atoms with E-state index in [1.54, 1.807) is 6.26 Å². The molecule has 1 aromatic heterocycles. The van der Waals surface area contributed by atoms with Crippen LogP contribution in [-0.4, -0.2) is 12.6 Å². The van der Waals surface area contributed by atoms with Gasteiger partial charge in [-0.2, -0.15) is 0 Å². The third-order valence-corrected chi connectivity index (χ3v) is 2.28. The van der Waals surface area contributed by atoms with Crippen LogP contribution in [0.15, 0.2) is 22.8 Å². The van der Waals surface area contributed by atoms with Gasteiger partial charge in [-0.15, -0.1) is 0 Å². The molecule has 0 saturated carbocycles. The number of nitrogens with one attached hydrogen (secondary N) is 1. The summed E-state index contributed by atoms with van der Waals surface area (Å²) in [7, 11) is 0. The highest BCUT2D eigenvalue weighted by Gasteiger charge is 2.11.